The van der Waals surface area contributed by atoms with Crippen molar-refractivity contribution < 1.29 is 9.53 Å². The van der Waals surface area contributed by atoms with Crippen LogP contribution in [0.4, 0.5) is 5.82 Å². The highest BCUT2D eigenvalue weighted by molar-refractivity contribution is 7.17. The number of methoxy groups -OCH3 is 1. The van der Waals surface area contributed by atoms with Crippen LogP contribution < -0.4 is 4.90 Å². The van der Waals surface area contributed by atoms with E-state index < -0.39 is 0 Å². The van der Waals surface area contributed by atoms with E-state index in [1.165, 1.54) is 5.56 Å². The lowest BCUT2D eigenvalue weighted by molar-refractivity contribution is -0.133. The van der Waals surface area contributed by atoms with Gasteiger partial charge in [0.2, 0.25) is 5.91 Å². The Morgan fingerprint density at radius 1 is 1.21 bits per heavy atom. The molecule has 0 radical (unpaired) electrons. The topological polar surface area (TPSA) is 58.6 Å². The number of carbonyl (C=O) groups excluding carboxylic acids is 1. The summed E-state index contributed by atoms with van der Waals surface area (Å²) in [6.45, 7) is 2.01. The van der Waals surface area contributed by atoms with E-state index in [0.29, 0.717) is 12.4 Å². The molecular weight excluding hydrogens is 384 g/mol. The van der Waals surface area contributed by atoms with Crippen LogP contribution >= 0.6 is 11.3 Å². The number of rotatable bonds is 5. The number of aromatic nitrogens is 2. The van der Waals surface area contributed by atoms with Gasteiger partial charge in [-0.3, -0.25) is 4.79 Å². The molecule has 0 unspecified atom stereocenters. The van der Waals surface area contributed by atoms with Gasteiger partial charge in [-0.25, -0.2) is 9.97 Å². The first-order valence-electron chi connectivity index (χ1n) is 9.87. The molecule has 6 nitrogen and oxygen atoms in total. The van der Waals surface area contributed by atoms with Crippen molar-refractivity contribution in [2.24, 2.45) is 5.92 Å². The van der Waals surface area contributed by atoms with Gasteiger partial charge in [0.1, 0.15) is 17.3 Å². The largest absolute Gasteiger partial charge is 0.377 e. The van der Waals surface area contributed by atoms with Crippen molar-refractivity contribution >= 4 is 33.3 Å². The summed E-state index contributed by atoms with van der Waals surface area (Å²) in [6, 6.07) is 10.4. The first-order valence-corrected chi connectivity index (χ1v) is 10.7. The van der Waals surface area contributed by atoms with Crippen LogP contribution in [0.25, 0.3) is 21.3 Å². The van der Waals surface area contributed by atoms with Crippen LogP contribution in [0.1, 0.15) is 18.7 Å². The van der Waals surface area contributed by atoms with Gasteiger partial charge in [0.25, 0.3) is 0 Å². The Morgan fingerprint density at radius 3 is 2.59 bits per heavy atom. The fraction of sp³-hybridized carbons (Fsp3) is 0.409. The van der Waals surface area contributed by atoms with Gasteiger partial charge in [0.15, 0.2) is 5.82 Å². The molecule has 1 aliphatic heterocycles. The van der Waals surface area contributed by atoms with Crippen molar-refractivity contribution in [1.29, 1.82) is 0 Å². The van der Waals surface area contributed by atoms with E-state index in [1.807, 2.05) is 20.2 Å². The van der Waals surface area contributed by atoms with Gasteiger partial charge in [-0.05, 0) is 18.4 Å². The van der Waals surface area contributed by atoms with Crippen LogP contribution in [0.3, 0.4) is 0 Å². The summed E-state index contributed by atoms with van der Waals surface area (Å²) in [5.74, 6) is 1.96. The minimum absolute atomic E-state index is 0.0908. The van der Waals surface area contributed by atoms with Crippen molar-refractivity contribution in [3.63, 3.8) is 0 Å². The number of fused-ring (bicyclic) bond motifs is 1. The van der Waals surface area contributed by atoms with Crippen LogP contribution in [-0.2, 0) is 16.1 Å². The number of carbonyl (C=O) groups is 1. The average Bonchev–Trinajstić information content (AvgIpc) is 3.17. The van der Waals surface area contributed by atoms with Crippen molar-refractivity contribution in [3.05, 3.63) is 41.5 Å². The zero-order chi connectivity index (χ0) is 20.4. The number of thiophene rings is 1. The molecule has 3 aromatic rings. The molecular formula is C22H26N4O2S. The Morgan fingerprint density at radius 2 is 1.93 bits per heavy atom. The molecule has 0 N–H and O–H groups in total. The highest BCUT2D eigenvalue weighted by Gasteiger charge is 2.28. The second-order valence-corrected chi connectivity index (χ2v) is 8.44. The number of piperidine rings is 1. The highest BCUT2D eigenvalue weighted by atomic mass is 32.1. The number of ether oxygens (including phenoxy) is 1. The molecule has 7 heteroatoms. The second-order valence-electron chi connectivity index (χ2n) is 7.59. The minimum atomic E-state index is 0.0908. The maximum absolute atomic E-state index is 12.4. The third-order valence-corrected chi connectivity index (χ3v) is 6.28. The summed E-state index contributed by atoms with van der Waals surface area (Å²) in [4.78, 5) is 27.0. The van der Waals surface area contributed by atoms with Crippen molar-refractivity contribution in [3.8, 4) is 11.1 Å². The van der Waals surface area contributed by atoms with Crippen molar-refractivity contribution in [1.82, 2.24) is 14.9 Å². The van der Waals surface area contributed by atoms with Gasteiger partial charge in [0.05, 0.1) is 5.39 Å². The molecule has 1 aliphatic rings. The molecule has 3 heterocycles. The Labute approximate surface area is 175 Å². The molecule has 1 aromatic carbocycles. The lowest BCUT2D eigenvalue weighted by Gasteiger charge is -2.33. The first-order chi connectivity index (χ1) is 14.1. The highest BCUT2D eigenvalue weighted by Crippen LogP contribution is 2.39. The van der Waals surface area contributed by atoms with E-state index in [-0.39, 0.29) is 11.8 Å². The van der Waals surface area contributed by atoms with Crippen LogP contribution in [0, 0.1) is 5.92 Å². The Balaban J connectivity index is 1.72. The van der Waals surface area contributed by atoms with E-state index in [0.717, 1.165) is 47.5 Å². The molecule has 0 aliphatic carbocycles. The Hall–Kier alpha value is -2.51. The molecule has 1 amide bonds. The normalized spacial score (nSPS) is 15.1. The molecule has 0 saturated carbocycles. The summed E-state index contributed by atoms with van der Waals surface area (Å²) in [5.41, 5.74) is 2.33. The third-order valence-electron chi connectivity index (χ3n) is 5.40. The van der Waals surface area contributed by atoms with Gasteiger partial charge < -0.3 is 14.5 Å². The number of amides is 1. The molecule has 29 heavy (non-hydrogen) atoms. The van der Waals surface area contributed by atoms with Gasteiger partial charge in [-0.2, -0.15) is 0 Å². The predicted molar refractivity (Wildman–Crippen MR) is 117 cm³/mol. The van der Waals surface area contributed by atoms with Crippen LogP contribution in [-0.4, -0.2) is 55.1 Å². The zero-order valence-electron chi connectivity index (χ0n) is 17.1. The monoisotopic (exact) mass is 410 g/mol. The number of anilines is 1. The van der Waals surface area contributed by atoms with Crippen LogP contribution in [0.15, 0.2) is 35.7 Å². The molecule has 1 fully saturated rings. The van der Waals surface area contributed by atoms with E-state index >= 15 is 0 Å². The second kappa shape index (κ2) is 8.47. The number of benzene rings is 1. The number of nitrogens with zero attached hydrogens (tertiary/aromatic N) is 4. The molecule has 4 rings (SSSR count). The summed E-state index contributed by atoms with van der Waals surface area (Å²) in [7, 11) is 5.32. The maximum atomic E-state index is 12.4. The van der Waals surface area contributed by atoms with E-state index in [1.54, 1.807) is 23.3 Å². The summed E-state index contributed by atoms with van der Waals surface area (Å²) in [6.07, 6.45) is 1.68. The smallest absolute Gasteiger partial charge is 0.225 e. The molecule has 152 valence electrons. The Bertz CT molecular complexity index is 995. The van der Waals surface area contributed by atoms with E-state index in [4.69, 9.17) is 14.7 Å². The zero-order valence-corrected chi connectivity index (χ0v) is 17.9. The quantitative estimate of drug-likeness (QED) is 0.640. The fourth-order valence-corrected chi connectivity index (χ4v) is 4.88. The lowest BCUT2D eigenvalue weighted by atomic mass is 9.95. The molecule has 1 saturated heterocycles. The maximum Gasteiger partial charge on any atom is 0.225 e. The van der Waals surface area contributed by atoms with Gasteiger partial charge in [-0.15, -0.1) is 11.3 Å². The Kier molecular flexibility index (Phi) is 5.78. The van der Waals surface area contributed by atoms with Gasteiger partial charge >= 0.3 is 0 Å². The number of hydrogen-bond acceptors (Lipinski definition) is 6. The van der Waals surface area contributed by atoms with Gasteiger partial charge in [0, 0.05) is 51.2 Å². The molecule has 0 bridgehead atoms. The van der Waals surface area contributed by atoms with Gasteiger partial charge in [-0.1, -0.05) is 30.3 Å². The van der Waals surface area contributed by atoms with Crippen molar-refractivity contribution in [2.45, 2.75) is 19.4 Å². The van der Waals surface area contributed by atoms with Crippen LogP contribution in [0.2, 0.25) is 0 Å². The summed E-state index contributed by atoms with van der Waals surface area (Å²) < 4.78 is 5.30. The molecule has 0 atom stereocenters. The summed E-state index contributed by atoms with van der Waals surface area (Å²) >= 11 is 1.64. The molecule has 0 spiro atoms. The SMILES string of the molecule is COCc1nc(N2CCC(C(=O)N(C)C)CC2)c2c(-c3ccccc3)csc2n1. The third kappa shape index (κ3) is 3.97. The molecule has 2 aromatic heterocycles. The van der Waals surface area contributed by atoms with E-state index in [9.17, 15) is 4.79 Å². The minimum Gasteiger partial charge on any atom is -0.377 e. The summed E-state index contributed by atoms with van der Waals surface area (Å²) in [5, 5.41) is 3.26. The van der Waals surface area contributed by atoms with Crippen molar-refractivity contribution in [2.75, 3.05) is 39.2 Å². The first kappa shape index (κ1) is 19.8. The standard InChI is InChI=1S/C22H26N4O2S/c1-25(2)22(27)16-9-11-26(12-10-16)20-19-17(15-7-5-4-6-8-15)14-29-21(19)24-18(23-20)13-28-3/h4-8,14,16H,9-13H2,1-3H3. The van der Waals surface area contributed by atoms with E-state index in [2.05, 4.69) is 34.5 Å². The lowest BCUT2D eigenvalue weighted by Crippen LogP contribution is -2.40. The number of hydrogen-bond donors (Lipinski definition) is 0. The average molecular weight is 411 g/mol. The predicted octanol–water partition coefficient (Wildman–Crippen LogP) is 3.81. The van der Waals surface area contributed by atoms with Crippen LogP contribution in [0.5, 0.6) is 0 Å². The fourth-order valence-electron chi connectivity index (χ4n) is 3.92.